The summed E-state index contributed by atoms with van der Waals surface area (Å²) in [5.41, 5.74) is 10.8. The third-order valence-corrected chi connectivity index (χ3v) is 11.0. The van der Waals surface area contributed by atoms with Crippen LogP contribution in [0.2, 0.25) is 0 Å². The van der Waals surface area contributed by atoms with Crippen molar-refractivity contribution in [1.29, 1.82) is 0 Å². The lowest BCUT2D eigenvalue weighted by Crippen LogP contribution is -2.57. The maximum atomic E-state index is 13.6. The van der Waals surface area contributed by atoms with E-state index in [9.17, 15) is 24.0 Å². The summed E-state index contributed by atoms with van der Waals surface area (Å²) in [6.45, 7) is 7.65. The Morgan fingerprint density at radius 1 is 0.695 bits per heavy atom. The number of anilines is 3. The van der Waals surface area contributed by atoms with Crippen molar-refractivity contribution >= 4 is 46.8 Å². The molecule has 2 heterocycles. The fourth-order valence-electron chi connectivity index (χ4n) is 7.74. The standard InChI is InChI=1S/C46H55N7O6/c1-46(2,3)40(50-45(58)59-4)44(57)53-28-12-18-38(53)42(55)49-35-25-21-32(22-26-35)30-51(36-15-9-6-10-16-36)29-31-19-23-34(24-20-31)48-41(54)37-17-11-27-52(37)43(56)39(47)33-13-7-5-8-14-33/h5-10,13-16,19-26,37-40H,11-12,17-18,27-30,47H2,1-4H3,(H,48,54)(H,49,55)(H,50,58)/t37-,38-,39+,40+/m0/s1. The molecule has 6 rings (SSSR count). The molecule has 59 heavy (non-hydrogen) atoms. The predicted octanol–water partition coefficient (Wildman–Crippen LogP) is 6.22. The van der Waals surface area contributed by atoms with Gasteiger partial charge >= 0.3 is 6.09 Å². The third-order valence-electron chi connectivity index (χ3n) is 11.0. The van der Waals surface area contributed by atoms with E-state index in [0.29, 0.717) is 56.8 Å². The molecular weight excluding hydrogens is 747 g/mol. The summed E-state index contributed by atoms with van der Waals surface area (Å²) in [6, 6.07) is 31.7. The van der Waals surface area contributed by atoms with Gasteiger partial charge in [-0.3, -0.25) is 19.2 Å². The number of carbonyl (C=O) groups excluding carboxylic acids is 5. The first-order valence-corrected chi connectivity index (χ1v) is 20.2. The first kappa shape index (κ1) is 42.4. The van der Waals surface area contributed by atoms with Crippen LogP contribution in [0, 0.1) is 5.41 Å². The van der Waals surface area contributed by atoms with Crippen molar-refractivity contribution in [2.24, 2.45) is 11.1 Å². The number of hydrogen-bond donors (Lipinski definition) is 4. The van der Waals surface area contributed by atoms with Crippen LogP contribution in [0.4, 0.5) is 21.9 Å². The maximum absolute atomic E-state index is 13.6. The molecule has 5 N–H and O–H groups in total. The molecule has 4 aromatic carbocycles. The Kier molecular flexibility index (Phi) is 13.7. The van der Waals surface area contributed by atoms with Gasteiger partial charge in [0.1, 0.15) is 24.2 Å². The van der Waals surface area contributed by atoms with Gasteiger partial charge in [-0.25, -0.2) is 4.79 Å². The summed E-state index contributed by atoms with van der Waals surface area (Å²) in [5.74, 6) is -1.08. The van der Waals surface area contributed by atoms with Gasteiger partial charge in [0, 0.05) is 43.2 Å². The zero-order valence-electron chi connectivity index (χ0n) is 34.2. The second-order valence-corrected chi connectivity index (χ2v) is 16.3. The van der Waals surface area contributed by atoms with E-state index in [0.717, 1.165) is 28.8 Å². The number of nitrogens with zero attached hydrogens (tertiary/aromatic N) is 3. The smallest absolute Gasteiger partial charge is 0.407 e. The lowest BCUT2D eigenvalue weighted by Gasteiger charge is -2.35. The minimum atomic E-state index is -0.856. The Morgan fingerprint density at radius 3 is 1.61 bits per heavy atom. The summed E-state index contributed by atoms with van der Waals surface area (Å²) in [6.07, 6.45) is 1.81. The van der Waals surface area contributed by atoms with E-state index >= 15 is 0 Å². The number of rotatable bonds is 13. The van der Waals surface area contributed by atoms with E-state index in [-0.39, 0.29) is 23.6 Å². The van der Waals surface area contributed by atoms with Crippen LogP contribution >= 0.6 is 0 Å². The minimum absolute atomic E-state index is 0.231. The van der Waals surface area contributed by atoms with Crippen LogP contribution < -0.4 is 26.6 Å². The van der Waals surface area contributed by atoms with Crippen LogP contribution in [0.3, 0.4) is 0 Å². The molecular formula is C46H55N7O6. The van der Waals surface area contributed by atoms with Crippen LogP contribution in [0.5, 0.6) is 0 Å². The molecule has 0 saturated carbocycles. The van der Waals surface area contributed by atoms with E-state index in [1.807, 2.05) is 118 Å². The van der Waals surface area contributed by atoms with E-state index in [1.165, 1.54) is 7.11 Å². The van der Waals surface area contributed by atoms with Crippen molar-refractivity contribution in [3.63, 3.8) is 0 Å². The second kappa shape index (κ2) is 19.0. The van der Waals surface area contributed by atoms with Crippen LogP contribution in [0.15, 0.2) is 109 Å². The van der Waals surface area contributed by atoms with Crippen molar-refractivity contribution < 1.29 is 28.7 Å². The molecule has 5 amide bonds. The highest BCUT2D eigenvalue weighted by atomic mass is 16.5. The van der Waals surface area contributed by atoms with Crippen molar-refractivity contribution in [3.05, 3.63) is 126 Å². The molecule has 13 nitrogen and oxygen atoms in total. The monoisotopic (exact) mass is 801 g/mol. The molecule has 0 spiro atoms. The lowest BCUT2D eigenvalue weighted by molar-refractivity contribution is -0.140. The van der Waals surface area contributed by atoms with Gasteiger partial charge in [-0.05, 0) is 84.2 Å². The van der Waals surface area contributed by atoms with Gasteiger partial charge in [0.05, 0.1) is 7.11 Å². The van der Waals surface area contributed by atoms with E-state index < -0.39 is 35.7 Å². The quantitative estimate of drug-likeness (QED) is 0.124. The van der Waals surface area contributed by atoms with Crippen molar-refractivity contribution in [1.82, 2.24) is 15.1 Å². The van der Waals surface area contributed by atoms with Crippen LogP contribution in [-0.2, 0) is 37.0 Å². The number of likely N-dealkylation sites (tertiary alicyclic amines) is 2. The van der Waals surface area contributed by atoms with Crippen molar-refractivity contribution in [2.45, 2.75) is 83.7 Å². The Morgan fingerprint density at radius 2 is 1.15 bits per heavy atom. The summed E-state index contributed by atoms with van der Waals surface area (Å²) in [4.78, 5) is 71.3. The summed E-state index contributed by atoms with van der Waals surface area (Å²) in [5, 5.41) is 8.65. The molecule has 4 aromatic rings. The summed E-state index contributed by atoms with van der Waals surface area (Å²) in [7, 11) is 1.25. The highest BCUT2D eigenvalue weighted by Gasteiger charge is 2.42. The largest absolute Gasteiger partial charge is 0.453 e. The zero-order chi connectivity index (χ0) is 42.1. The SMILES string of the molecule is COC(=O)N[C@H](C(=O)N1CCC[C@H]1C(=O)Nc1ccc(CN(Cc2ccc(NC(=O)[C@@H]3CCCN3C(=O)[C@H](N)c3ccccc3)cc2)c2ccccc2)cc1)C(C)(C)C. The average molecular weight is 802 g/mol. The Bertz CT molecular complexity index is 2070. The van der Waals surface area contributed by atoms with Crippen molar-refractivity contribution in [3.8, 4) is 0 Å². The molecule has 0 bridgehead atoms. The molecule has 2 aliphatic heterocycles. The third kappa shape index (κ3) is 10.7. The molecule has 2 fully saturated rings. The number of benzene rings is 4. The minimum Gasteiger partial charge on any atom is -0.453 e. The number of hydrogen-bond acceptors (Lipinski definition) is 8. The molecule has 4 atom stereocenters. The summed E-state index contributed by atoms with van der Waals surface area (Å²) >= 11 is 0. The number of alkyl carbamates (subject to hydrolysis) is 1. The number of nitrogens with one attached hydrogen (secondary N) is 3. The summed E-state index contributed by atoms with van der Waals surface area (Å²) < 4.78 is 4.76. The second-order valence-electron chi connectivity index (χ2n) is 16.3. The highest BCUT2D eigenvalue weighted by molar-refractivity contribution is 5.99. The molecule has 0 aliphatic carbocycles. The molecule has 310 valence electrons. The fraction of sp³-hybridized carbons (Fsp3) is 0.370. The highest BCUT2D eigenvalue weighted by Crippen LogP contribution is 2.28. The molecule has 2 aliphatic rings. The maximum Gasteiger partial charge on any atom is 0.407 e. The predicted molar refractivity (Wildman–Crippen MR) is 228 cm³/mol. The average Bonchev–Trinajstić information content (AvgIpc) is 3.95. The first-order valence-electron chi connectivity index (χ1n) is 20.2. The molecule has 0 radical (unpaired) electrons. The van der Waals surface area contributed by atoms with Crippen molar-refractivity contribution in [2.75, 3.05) is 35.7 Å². The molecule has 13 heteroatoms. The Balaban J connectivity index is 1.07. The van der Waals surface area contributed by atoms with Gasteiger partial charge in [-0.15, -0.1) is 0 Å². The van der Waals surface area contributed by atoms with Gasteiger partial charge in [0.2, 0.25) is 23.6 Å². The molecule has 2 saturated heterocycles. The van der Waals surface area contributed by atoms with E-state index in [2.05, 4.69) is 33.0 Å². The number of methoxy groups -OCH3 is 1. The van der Waals surface area contributed by atoms with Crippen LogP contribution in [-0.4, -0.2) is 77.8 Å². The number of amides is 5. The molecule has 0 unspecified atom stereocenters. The molecule has 0 aromatic heterocycles. The van der Waals surface area contributed by atoms with Gasteiger partial charge in [-0.1, -0.05) is 93.6 Å². The van der Waals surface area contributed by atoms with Gasteiger partial charge < -0.3 is 41.1 Å². The van der Waals surface area contributed by atoms with E-state index in [1.54, 1.807) is 9.80 Å². The zero-order valence-corrected chi connectivity index (χ0v) is 34.2. The van der Waals surface area contributed by atoms with Gasteiger partial charge in [-0.2, -0.15) is 0 Å². The number of nitrogens with two attached hydrogens (primary N) is 1. The number of carbonyl (C=O) groups is 5. The first-order chi connectivity index (χ1) is 28.3. The topological polar surface area (TPSA) is 166 Å². The van der Waals surface area contributed by atoms with Gasteiger partial charge in [0.25, 0.3) is 0 Å². The van der Waals surface area contributed by atoms with Crippen LogP contribution in [0.1, 0.15) is 69.2 Å². The lowest BCUT2D eigenvalue weighted by atomic mass is 9.85. The fourth-order valence-corrected chi connectivity index (χ4v) is 7.74. The number of para-hydroxylation sites is 1. The van der Waals surface area contributed by atoms with Crippen LogP contribution in [0.25, 0.3) is 0 Å². The Hall–Kier alpha value is -6.21. The van der Waals surface area contributed by atoms with Gasteiger partial charge in [0.15, 0.2) is 0 Å². The normalized spacial score (nSPS) is 17.4. The van der Waals surface area contributed by atoms with E-state index in [4.69, 9.17) is 10.5 Å². The number of ether oxygens (including phenoxy) is 1. The Labute approximate surface area is 346 Å².